The molecular formula is C14H23N3O. The number of hydrogen-bond donors (Lipinski definition) is 2. The molecule has 0 radical (unpaired) electrons. The molecule has 2 atom stereocenters. The second kappa shape index (κ2) is 6.16. The summed E-state index contributed by atoms with van der Waals surface area (Å²) in [5, 5.41) is 3.54. The first kappa shape index (κ1) is 13.3. The summed E-state index contributed by atoms with van der Waals surface area (Å²) in [6.07, 6.45) is 4.13. The van der Waals surface area contributed by atoms with Crippen LogP contribution in [0.1, 0.15) is 36.9 Å². The van der Waals surface area contributed by atoms with E-state index in [-0.39, 0.29) is 6.04 Å². The molecule has 4 heteroatoms. The van der Waals surface area contributed by atoms with Crippen LogP contribution in [0.4, 0.5) is 5.82 Å². The van der Waals surface area contributed by atoms with Crippen molar-refractivity contribution < 1.29 is 4.74 Å². The van der Waals surface area contributed by atoms with Gasteiger partial charge in [0.2, 0.25) is 0 Å². The van der Waals surface area contributed by atoms with Crippen molar-refractivity contribution in [3.05, 3.63) is 23.4 Å². The van der Waals surface area contributed by atoms with Crippen molar-refractivity contribution in [2.24, 2.45) is 5.92 Å². The summed E-state index contributed by atoms with van der Waals surface area (Å²) in [4.78, 5) is 4.27. The summed E-state index contributed by atoms with van der Waals surface area (Å²) < 4.78 is 5.60. The summed E-state index contributed by atoms with van der Waals surface area (Å²) in [7, 11) is 0. The highest BCUT2D eigenvalue weighted by Gasteiger charge is 2.26. The van der Waals surface area contributed by atoms with Gasteiger partial charge in [-0.15, -0.1) is 0 Å². The minimum atomic E-state index is 0.252. The molecule has 0 amide bonds. The van der Waals surface area contributed by atoms with Gasteiger partial charge < -0.3 is 15.8 Å². The molecule has 2 heterocycles. The normalized spacial score (nSPS) is 21.8. The number of ether oxygens (including phenoxy) is 1. The number of hydrogen-bond acceptors (Lipinski definition) is 4. The van der Waals surface area contributed by atoms with Gasteiger partial charge in [0.25, 0.3) is 0 Å². The fourth-order valence-corrected chi connectivity index (χ4v) is 2.63. The summed E-state index contributed by atoms with van der Waals surface area (Å²) in [5.41, 5.74) is 8.30. The molecule has 1 aromatic heterocycles. The maximum absolute atomic E-state index is 6.04. The van der Waals surface area contributed by atoms with Crippen molar-refractivity contribution in [1.82, 2.24) is 10.3 Å². The summed E-state index contributed by atoms with van der Waals surface area (Å²) in [6, 6.07) is 2.40. The van der Waals surface area contributed by atoms with Gasteiger partial charge in [-0.2, -0.15) is 0 Å². The molecule has 0 bridgehead atoms. The summed E-state index contributed by atoms with van der Waals surface area (Å²) in [6.45, 7) is 6.79. The van der Waals surface area contributed by atoms with E-state index in [0.29, 0.717) is 11.7 Å². The molecular weight excluding hydrogens is 226 g/mol. The predicted octanol–water partition coefficient (Wildman–Crippen LogP) is 2.05. The lowest BCUT2D eigenvalue weighted by Crippen LogP contribution is -2.34. The number of anilines is 1. The molecule has 18 heavy (non-hydrogen) atoms. The lowest BCUT2D eigenvalue weighted by molar-refractivity contribution is 0.0393. The molecule has 0 aliphatic carbocycles. The molecule has 1 fully saturated rings. The highest BCUT2D eigenvalue weighted by Crippen LogP contribution is 2.31. The van der Waals surface area contributed by atoms with Crippen LogP contribution in [-0.4, -0.2) is 24.7 Å². The molecule has 2 rings (SSSR count). The molecule has 4 nitrogen and oxygen atoms in total. The first-order valence-electron chi connectivity index (χ1n) is 6.75. The van der Waals surface area contributed by atoms with Gasteiger partial charge in [0, 0.05) is 30.3 Å². The van der Waals surface area contributed by atoms with Crippen molar-refractivity contribution in [3.8, 4) is 0 Å². The molecule has 100 valence electrons. The van der Waals surface area contributed by atoms with Crippen molar-refractivity contribution in [1.29, 1.82) is 0 Å². The third kappa shape index (κ3) is 3.00. The number of rotatable bonds is 4. The standard InChI is InChI=1S/C14H23N3O/c1-3-16-13(11-5-4-6-18-9-11)12-7-10(2)8-17-14(12)15/h7-8,11,13,16H,3-6,9H2,1-2H3,(H2,15,17). The average Bonchev–Trinajstić information content (AvgIpc) is 2.40. The Hall–Kier alpha value is -1.13. The van der Waals surface area contributed by atoms with E-state index in [1.54, 1.807) is 0 Å². The zero-order chi connectivity index (χ0) is 13.0. The van der Waals surface area contributed by atoms with Crippen molar-refractivity contribution in [3.63, 3.8) is 0 Å². The molecule has 1 saturated heterocycles. The van der Waals surface area contributed by atoms with E-state index in [9.17, 15) is 0 Å². The van der Waals surface area contributed by atoms with Gasteiger partial charge >= 0.3 is 0 Å². The highest BCUT2D eigenvalue weighted by molar-refractivity contribution is 5.43. The average molecular weight is 249 g/mol. The SMILES string of the molecule is CCNC(c1cc(C)cnc1N)C1CCCOC1. The van der Waals surface area contributed by atoms with Gasteiger partial charge in [0.15, 0.2) is 0 Å². The van der Waals surface area contributed by atoms with Crippen LogP contribution in [0.15, 0.2) is 12.3 Å². The lowest BCUT2D eigenvalue weighted by Gasteiger charge is -2.31. The van der Waals surface area contributed by atoms with Gasteiger partial charge in [0.05, 0.1) is 6.61 Å². The van der Waals surface area contributed by atoms with E-state index in [2.05, 4.69) is 30.2 Å². The summed E-state index contributed by atoms with van der Waals surface area (Å²) in [5.74, 6) is 1.13. The molecule has 1 aromatic rings. The van der Waals surface area contributed by atoms with E-state index in [0.717, 1.165) is 37.3 Å². The maximum atomic E-state index is 6.04. The van der Waals surface area contributed by atoms with Gasteiger partial charge in [-0.3, -0.25) is 0 Å². The smallest absolute Gasteiger partial charge is 0.128 e. The summed E-state index contributed by atoms with van der Waals surface area (Å²) >= 11 is 0. The van der Waals surface area contributed by atoms with Crippen molar-refractivity contribution >= 4 is 5.82 Å². The molecule has 1 aliphatic heterocycles. The fraction of sp³-hybridized carbons (Fsp3) is 0.643. The van der Waals surface area contributed by atoms with Gasteiger partial charge in [-0.25, -0.2) is 4.98 Å². The van der Waals surface area contributed by atoms with Crippen LogP contribution in [0.25, 0.3) is 0 Å². The van der Waals surface area contributed by atoms with Crippen LogP contribution in [0, 0.1) is 12.8 Å². The van der Waals surface area contributed by atoms with E-state index in [1.807, 2.05) is 6.20 Å². The second-order valence-electron chi connectivity index (χ2n) is 5.00. The Balaban J connectivity index is 2.24. The maximum Gasteiger partial charge on any atom is 0.128 e. The lowest BCUT2D eigenvalue weighted by atomic mass is 9.88. The van der Waals surface area contributed by atoms with E-state index in [1.165, 1.54) is 6.42 Å². The highest BCUT2D eigenvalue weighted by atomic mass is 16.5. The Bertz CT molecular complexity index is 389. The topological polar surface area (TPSA) is 60.2 Å². The molecule has 2 unspecified atom stereocenters. The number of nitrogens with zero attached hydrogens (tertiary/aromatic N) is 1. The predicted molar refractivity (Wildman–Crippen MR) is 73.3 cm³/mol. The number of nitrogens with two attached hydrogens (primary N) is 1. The van der Waals surface area contributed by atoms with E-state index < -0.39 is 0 Å². The monoisotopic (exact) mass is 249 g/mol. The zero-order valence-corrected chi connectivity index (χ0v) is 11.3. The molecule has 1 aliphatic rings. The molecule has 0 spiro atoms. The van der Waals surface area contributed by atoms with Gasteiger partial charge in [-0.1, -0.05) is 6.92 Å². The van der Waals surface area contributed by atoms with Gasteiger partial charge in [0.1, 0.15) is 5.82 Å². The number of aryl methyl sites for hydroxylation is 1. The molecule has 0 saturated carbocycles. The van der Waals surface area contributed by atoms with Crippen LogP contribution in [0.3, 0.4) is 0 Å². The first-order chi connectivity index (χ1) is 8.72. The third-order valence-corrected chi connectivity index (χ3v) is 3.51. The fourth-order valence-electron chi connectivity index (χ4n) is 2.63. The Morgan fingerprint density at radius 2 is 2.44 bits per heavy atom. The molecule has 3 N–H and O–H groups in total. The zero-order valence-electron chi connectivity index (χ0n) is 11.3. The minimum absolute atomic E-state index is 0.252. The Morgan fingerprint density at radius 1 is 1.61 bits per heavy atom. The molecule has 0 aromatic carbocycles. The Kier molecular flexibility index (Phi) is 4.55. The van der Waals surface area contributed by atoms with Crippen molar-refractivity contribution in [2.45, 2.75) is 32.7 Å². The van der Waals surface area contributed by atoms with E-state index in [4.69, 9.17) is 10.5 Å². The van der Waals surface area contributed by atoms with Crippen LogP contribution in [0.5, 0.6) is 0 Å². The van der Waals surface area contributed by atoms with Crippen molar-refractivity contribution in [2.75, 3.05) is 25.5 Å². The number of nitrogen functional groups attached to an aromatic ring is 1. The van der Waals surface area contributed by atoms with Crippen LogP contribution in [0.2, 0.25) is 0 Å². The van der Waals surface area contributed by atoms with Crippen LogP contribution >= 0.6 is 0 Å². The first-order valence-corrected chi connectivity index (χ1v) is 6.75. The van der Waals surface area contributed by atoms with Crippen LogP contribution < -0.4 is 11.1 Å². The van der Waals surface area contributed by atoms with E-state index >= 15 is 0 Å². The largest absolute Gasteiger partial charge is 0.383 e. The second-order valence-corrected chi connectivity index (χ2v) is 5.00. The van der Waals surface area contributed by atoms with Crippen LogP contribution in [-0.2, 0) is 4.74 Å². The quantitative estimate of drug-likeness (QED) is 0.857. The number of pyridine rings is 1. The minimum Gasteiger partial charge on any atom is -0.383 e. The third-order valence-electron chi connectivity index (χ3n) is 3.51. The Labute approximate surface area is 109 Å². The Morgan fingerprint density at radius 3 is 3.11 bits per heavy atom. The van der Waals surface area contributed by atoms with Gasteiger partial charge in [-0.05, 0) is 37.9 Å². The number of aromatic nitrogens is 1. The number of nitrogens with one attached hydrogen (secondary N) is 1.